The van der Waals surface area contributed by atoms with E-state index in [4.69, 9.17) is 17.3 Å². The fraction of sp³-hybridized carbons (Fsp3) is 0.455. The summed E-state index contributed by atoms with van der Waals surface area (Å²) in [5.74, 6) is -0.0233. The quantitative estimate of drug-likeness (QED) is 0.840. The van der Waals surface area contributed by atoms with Crippen LogP contribution in [0, 0.1) is 0 Å². The summed E-state index contributed by atoms with van der Waals surface area (Å²) in [5.41, 5.74) is 5.75. The van der Waals surface area contributed by atoms with Crippen LogP contribution in [0.15, 0.2) is 11.6 Å². The number of carbonyl (C=O) groups excluding carboxylic acids is 1. The number of anilines is 2. The first kappa shape index (κ1) is 14.8. The maximum absolute atomic E-state index is 11.8. The van der Waals surface area contributed by atoms with E-state index in [1.807, 2.05) is 18.7 Å². The van der Waals surface area contributed by atoms with Crippen molar-refractivity contribution in [2.45, 2.75) is 13.8 Å². The van der Waals surface area contributed by atoms with Gasteiger partial charge in [-0.2, -0.15) is 0 Å². The van der Waals surface area contributed by atoms with Gasteiger partial charge in [0.15, 0.2) is 5.13 Å². The molecule has 0 aromatic carbocycles. The fourth-order valence-corrected chi connectivity index (χ4v) is 2.46. The molecule has 5 nitrogen and oxygen atoms in total. The third-order valence-electron chi connectivity index (χ3n) is 2.32. The van der Waals surface area contributed by atoms with Gasteiger partial charge in [-0.05, 0) is 13.8 Å². The summed E-state index contributed by atoms with van der Waals surface area (Å²) in [6.07, 6.45) is 0. The van der Waals surface area contributed by atoms with Crippen molar-refractivity contribution in [3.63, 3.8) is 0 Å². The second kappa shape index (κ2) is 6.61. The molecule has 1 aromatic heterocycles. The summed E-state index contributed by atoms with van der Waals surface area (Å²) in [5, 5.41) is 3.76. The summed E-state index contributed by atoms with van der Waals surface area (Å²) in [6.45, 7) is 9.42. The Morgan fingerprint density at radius 1 is 1.56 bits per heavy atom. The molecule has 0 aliphatic carbocycles. The van der Waals surface area contributed by atoms with Gasteiger partial charge in [-0.1, -0.05) is 29.5 Å². The minimum atomic E-state index is -0.273. The summed E-state index contributed by atoms with van der Waals surface area (Å²) < 4.78 is 0. The van der Waals surface area contributed by atoms with Gasteiger partial charge in [0.2, 0.25) is 0 Å². The highest BCUT2D eigenvalue weighted by atomic mass is 35.5. The van der Waals surface area contributed by atoms with E-state index in [1.54, 1.807) is 0 Å². The Morgan fingerprint density at radius 2 is 2.17 bits per heavy atom. The number of rotatable bonds is 6. The van der Waals surface area contributed by atoms with Crippen LogP contribution in [0.1, 0.15) is 23.5 Å². The molecule has 0 unspecified atom stereocenters. The number of nitrogens with two attached hydrogens (primary N) is 1. The van der Waals surface area contributed by atoms with Crippen LogP contribution in [0.3, 0.4) is 0 Å². The number of nitrogens with zero attached hydrogens (tertiary/aromatic N) is 2. The number of amides is 1. The second-order valence-corrected chi connectivity index (χ2v) is 5.10. The Balaban J connectivity index is 2.83. The molecule has 0 saturated carbocycles. The van der Waals surface area contributed by atoms with E-state index in [2.05, 4.69) is 16.9 Å². The van der Waals surface area contributed by atoms with Crippen molar-refractivity contribution in [2.75, 3.05) is 30.3 Å². The Bertz CT molecular complexity index is 442. The Hall–Kier alpha value is -1.27. The van der Waals surface area contributed by atoms with Gasteiger partial charge in [-0.25, -0.2) is 4.98 Å². The normalized spacial score (nSPS) is 10.2. The van der Waals surface area contributed by atoms with Gasteiger partial charge < -0.3 is 16.0 Å². The maximum atomic E-state index is 11.8. The molecule has 100 valence electrons. The molecular formula is C11H17ClN4OS. The zero-order valence-corrected chi connectivity index (χ0v) is 12.1. The average Bonchev–Trinajstić information content (AvgIpc) is 2.70. The number of aromatic nitrogens is 1. The highest BCUT2D eigenvalue weighted by Crippen LogP contribution is 2.27. The molecule has 0 atom stereocenters. The van der Waals surface area contributed by atoms with Crippen molar-refractivity contribution in [2.24, 2.45) is 0 Å². The molecule has 0 aliphatic heterocycles. The summed E-state index contributed by atoms with van der Waals surface area (Å²) in [7, 11) is 0. The number of nitrogen functional groups attached to an aromatic ring is 1. The number of thiazole rings is 1. The summed E-state index contributed by atoms with van der Waals surface area (Å²) in [6, 6.07) is 0. The van der Waals surface area contributed by atoms with Crippen LogP contribution < -0.4 is 16.0 Å². The molecule has 1 rings (SSSR count). The van der Waals surface area contributed by atoms with E-state index >= 15 is 0 Å². The van der Waals surface area contributed by atoms with Crippen LogP contribution in [0.5, 0.6) is 0 Å². The van der Waals surface area contributed by atoms with Gasteiger partial charge in [-0.3, -0.25) is 4.79 Å². The highest BCUT2D eigenvalue weighted by molar-refractivity contribution is 7.18. The van der Waals surface area contributed by atoms with E-state index in [1.165, 1.54) is 11.3 Å². The molecule has 0 saturated heterocycles. The smallest absolute Gasteiger partial charge is 0.265 e. The lowest BCUT2D eigenvalue weighted by atomic mass is 10.4. The van der Waals surface area contributed by atoms with Crippen molar-refractivity contribution in [3.8, 4) is 0 Å². The number of hydrogen-bond donors (Lipinski definition) is 2. The van der Waals surface area contributed by atoms with Crippen LogP contribution in [0.4, 0.5) is 10.9 Å². The monoisotopic (exact) mass is 288 g/mol. The molecule has 1 amide bonds. The number of nitrogens with one attached hydrogen (secondary N) is 1. The number of halogens is 1. The van der Waals surface area contributed by atoms with Crippen LogP contribution in [-0.4, -0.2) is 30.5 Å². The molecule has 1 aromatic rings. The lowest BCUT2D eigenvalue weighted by Crippen LogP contribution is -2.24. The Morgan fingerprint density at radius 3 is 2.67 bits per heavy atom. The van der Waals surface area contributed by atoms with E-state index in [9.17, 15) is 4.79 Å². The molecule has 0 spiro atoms. The molecule has 0 fully saturated rings. The molecular weight excluding hydrogens is 272 g/mol. The molecule has 18 heavy (non-hydrogen) atoms. The molecule has 1 heterocycles. The predicted octanol–water partition coefficient (Wildman–Crippen LogP) is 2.05. The third kappa shape index (κ3) is 3.61. The molecule has 0 bridgehead atoms. The van der Waals surface area contributed by atoms with Crippen LogP contribution in [0.2, 0.25) is 0 Å². The first-order valence-corrected chi connectivity index (χ1v) is 6.81. The molecule has 3 N–H and O–H groups in total. The van der Waals surface area contributed by atoms with E-state index in [-0.39, 0.29) is 18.3 Å². The fourth-order valence-electron chi connectivity index (χ4n) is 1.37. The van der Waals surface area contributed by atoms with E-state index in [0.29, 0.717) is 9.91 Å². The molecule has 7 heteroatoms. The minimum Gasteiger partial charge on any atom is -0.382 e. The predicted molar refractivity (Wildman–Crippen MR) is 77.4 cm³/mol. The summed E-state index contributed by atoms with van der Waals surface area (Å²) >= 11 is 6.87. The van der Waals surface area contributed by atoms with Gasteiger partial charge >= 0.3 is 0 Å². The van der Waals surface area contributed by atoms with E-state index in [0.717, 1.165) is 18.2 Å². The SMILES string of the molecule is C=C(Cl)CNC(=O)c1sc(N(CC)CC)nc1N. The van der Waals surface area contributed by atoms with Crippen LogP contribution >= 0.6 is 22.9 Å². The molecule has 0 radical (unpaired) electrons. The van der Waals surface area contributed by atoms with Gasteiger partial charge in [0, 0.05) is 18.1 Å². The van der Waals surface area contributed by atoms with E-state index < -0.39 is 0 Å². The zero-order chi connectivity index (χ0) is 13.7. The largest absolute Gasteiger partial charge is 0.382 e. The first-order valence-electron chi connectivity index (χ1n) is 5.62. The lowest BCUT2D eigenvalue weighted by Gasteiger charge is -2.16. The van der Waals surface area contributed by atoms with Gasteiger partial charge in [-0.15, -0.1) is 0 Å². The van der Waals surface area contributed by atoms with Crippen molar-refractivity contribution in [1.82, 2.24) is 10.3 Å². The van der Waals surface area contributed by atoms with Crippen molar-refractivity contribution < 1.29 is 4.79 Å². The van der Waals surface area contributed by atoms with Gasteiger partial charge in [0.25, 0.3) is 5.91 Å². The Kier molecular flexibility index (Phi) is 5.43. The van der Waals surface area contributed by atoms with Gasteiger partial charge in [0.1, 0.15) is 10.7 Å². The topological polar surface area (TPSA) is 71.2 Å². The summed E-state index contributed by atoms with van der Waals surface area (Å²) in [4.78, 5) is 18.5. The van der Waals surface area contributed by atoms with Crippen LogP contribution in [-0.2, 0) is 0 Å². The lowest BCUT2D eigenvalue weighted by molar-refractivity contribution is 0.0962. The minimum absolute atomic E-state index is 0.221. The maximum Gasteiger partial charge on any atom is 0.265 e. The second-order valence-electron chi connectivity index (χ2n) is 3.58. The van der Waals surface area contributed by atoms with Crippen molar-refractivity contribution in [3.05, 3.63) is 16.5 Å². The third-order valence-corrected chi connectivity index (χ3v) is 3.59. The first-order chi connectivity index (χ1) is 8.49. The number of carbonyl (C=O) groups is 1. The van der Waals surface area contributed by atoms with Crippen molar-refractivity contribution in [1.29, 1.82) is 0 Å². The average molecular weight is 289 g/mol. The van der Waals surface area contributed by atoms with Crippen molar-refractivity contribution >= 4 is 39.8 Å². The molecule has 0 aliphatic rings. The number of hydrogen-bond acceptors (Lipinski definition) is 5. The van der Waals surface area contributed by atoms with Crippen LogP contribution in [0.25, 0.3) is 0 Å². The zero-order valence-electron chi connectivity index (χ0n) is 10.5. The highest BCUT2D eigenvalue weighted by Gasteiger charge is 2.18. The standard InChI is InChI=1S/C11H17ClN4OS/c1-4-16(5-2)11-15-9(13)8(18-11)10(17)14-6-7(3)12/h3-6,13H2,1-2H3,(H,14,17). The van der Waals surface area contributed by atoms with Gasteiger partial charge in [0.05, 0.1) is 6.54 Å². The Labute approximate surface area is 116 Å².